The summed E-state index contributed by atoms with van der Waals surface area (Å²) in [5.74, 6) is 0. The average molecular weight is 845 g/mol. The molecule has 13 rings (SSSR count). The number of fused-ring (bicyclic) bond motifs is 11. The fourth-order valence-electron chi connectivity index (χ4n) is 10.1. The van der Waals surface area contributed by atoms with Crippen molar-refractivity contribution >= 4 is 99.5 Å². The van der Waals surface area contributed by atoms with Crippen LogP contribution in [0.2, 0.25) is 0 Å². The topological polar surface area (TPSA) is 32.8 Å². The van der Waals surface area contributed by atoms with Crippen LogP contribution < -0.4 is 9.80 Å². The summed E-state index contributed by atoms with van der Waals surface area (Å²) in [6.07, 6.45) is 0. The van der Waals surface area contributed by atoms with Gasteiger partial charge in [0.1, 0.15) is 16.7 Å². The average Bonchev–Trinajstić information content (AvgIpc) is 3.97. The molecule has 0 unspecified atom stereocenters. The maximum Gasteiger partial charge on any atom is 0.159 e. The maximum atomic E-state index is 7.17. The lowest BCUT2D eigenvalue weighted by Crippen LogP contribution is -2.11. The van der Waals surface area contributed by atoms with Crippen LogP contribution in [0.3, 0.4) is 0 Å². The first-order valence-corrected chi connectivity index (χ1v) is 22.4. The fraction of sp³-hybridized carbons (Fsp3) is 0. The second kappa shape index (κ2) is 15.4. The van der Waals surface area contributed by atoms with Crippen molar-refractivity contribution in [2.45, 2.75) is 0 Å². The van der Waals surface area contributed by atoms with Crippen molar-refractivity contribution in [1.29, 1.82) is 0 Å². The molecule has 0 bridgehead atoms. The number of nitrogens with zero attached hydrogens (tertiary/aromatic N) is 2. The van der Waals surface area contributed by atoms with E-state index in [1.807, 2.05) is 12.1 Å². The van der Waals surface area contributed by atoms with Crippen LogP contribution >= 0.6 is 0 Å². The number of hydrogen-bond acceptors (Lipinski definition) is 4. The number of rotatable bonds is 8. The summed E-state index contributed by atoms with van der Waals surface area (Å²) >= 11 is 0. The molecule has 0 aliphatic heterocycles. The van der Waals surface area contributed by atoms with Crippen LogP contribution in [0.25, 0.3) is 87.7 Å². The van der Waals surface area contributed by atoms with E-state index in [0.717, 1.165) is 111 Å². The molecular weight excluding hydrogens is 805 g/mol. The van der Waals surface area contributed by atoms with E-state index < -0.39 is 0 Å². The van der Waals surface area contributed by atoms with Crippen LogP contribution in [0.5, 0.6) is 0 Å². The molecule has 0 saturated carbocycles. The molecule has 11 aromatic carbocycles. The van der Waals surface area contributed by atoms with E-state index in [1.54, 1.807) is 0 Å². The molecule has 0 aliphatic rings. The molecule has 0 atom stereocenters. The smallest absolute Gasteiger partial charge is 0.159 e. The zero-order chi connectivity index (χ0) is 43.6. The molecule has 310 valence electrons. The van der Waals surface area contributed by atoms with E-state index in [-0.39, 0.29) is 0 Å². The first-order chi connectivity index (χ1) is 32.8. The zero-order valence-electron chi connectivity index (χ0n) is 35.8. The second-order valence-electron chi connectivity index (χ2n) is 16.8. The highest BCUT2D eigenvalue weighted by Gasteiger charge is 2.25. The van der Waals surface area contributed by atoms with Gasteiger partial charge in [0, 0.05) is 55.5 Å². The molecule has 0 radical (unpaired) electrons. The van der Waals surface area contributed by atoms with Gasteiger partial charge in [0.2, 0.25) is 0 Å². The van der Waals surface area contributed by atoms with Gasteiger partial charge in [0.25, 0.3) is 0 Å². The number of furan rings is 2. The highest BCUT2D eigenvalue weighted by Crippen LogP contribution is 2.49. The number of para-hydroxylation sites is 5. The lowest BCUT2D eigenvalue weighted by atomic mass is 9.95. The normalized spacial score (nSPS) is 11.6. The van der Waals surface area contributed by atoms with E-state index in [4.69, 9.17) is 8.83 Å². The summed E-state index contributed by atoms with van der Waals surface area (Å²) in [7, 11) is 0. The van der Waals surface area contributed by atoms with Crippen molar-refractivity contribution in [3.8, 4) is 22.3 Å². The van der Waals surface area contributed by atoms with Crippen LogP contribution in [0.1, 0.15) is 0 Å². The molecule has 4 heteroatoms. The lowest BCUT2D eigenvalue weighted by Gasteiger charge is -2.28. The molecule has 0 spiro atoms. The molecule has 0 N–H and O–H groups in total. The first-order valence-electron chi connectivity index (χ1n) is 22.4. The van der Waals surface area contributed by atoms with Crippen molar-refractivity contribution in [2.75, 3.05) is 9.80 Å². The molecule has 0 saturated heterocycles. The maximum absolute atomic E-state index is 7.17. The van der Waals surface area contributed by atoms with Gasteiger partial charge in [-0.3, -0.25) is 0 Å². The van der Waals surface area contributed by atoms with Gasteiger partial charge in [-0.05, 0) is 94.0 Å². The third-order valence-corrected chi connectivity index (χ3v) is 13.0. The zero-order valence-corrected chi connectivity index (χ0v) is 35.8. The van der Waals surface area contributed by atoms with Gasteiger partial charge in [0.15, 0.2) is 5.58 Å². The van der Waals surface area contributed by atoms with Gasteiger partial charge in [-0.25, -0.2) is 0 Å². The van der Waals surface area contributed by atoms with Crippen molar-refractivity contribution in [2.24, 2.45) is 0 Å². The summed E-state index contributed by atoms with van der Waals surface area (Å²) in [5, 5.41) is 8.85. The Morgan fingerprint density at radius 2 is 0.758 bits per heavy atom. The largest absolute Gasteiger partial charge is 0.455 e. The molecule has 66 heavy (non-hydrogen) atoms. The number of hydrogen-bond donors (Lipinski definition) is 0. The first kappa shape index (κ1) is 37.7. The van der Waals surface area contributed by atoms with Crippen LogP contribution in [-0.2, 0) is 0 Å². The highest BCUT2D eigenvalue weighted by atomic mass is 16.3. The Hall–Kier alpha value is -8.86. The Morgan fingerprint density at radius 3 is 1.47 bits per heavy atom. The van der Waals surface area contributed by atoms with Gasteiger partial charge >= 0.3 is 0 Å². The van der Waals surface area contributed by atoms with Crippen molar-refractivity contribution in [1.82, 2.24) is 0 Å². The molecule has 0 aliphatic carbocycles. The minimum atomic E-state index is 0.811. The molecule has 13 aromatic rings. The Morgan fingerprint density at radius 1 is 0.258 bits per heavy atom. The molecule has 2 heterocycles. The van der Waals surface area contributed by atoms with Gasteiger partial charge in [0.05, 0.1) is 22.7 Å². The van der Waals surface area contributed by atoms with E-state index in [0.29, 0.717) is 0 Å². The predicted octanol–water partition coefficient (Wildman–Crippen LogP) is 18.1. The number of anilines is 6. The van der Waals surface area contributed by atoms with E-state index >= 15 is 0 Å². The van der Waals surface area contributed by atoms with Crippen LogP contribution in [0.15, 0.2) is 251 Å². The van der Waals surface area contributed by atoms with Gasteiger partial charge < -0.3 is 18.6 Å². The minimum absolute atomic E-state index is 0.811. The Balaban J connectivity index is 1.03. The Labute approximate surface area is 381 Å². The summed E-state index contributed by atoms with van der Waals surface area (Å²) in [6.45, 7) is 0. The fourth-order valence-corrected chi connectivity index (χ4v) is 10.1. The number of benzene rings is 11. The molecular formula is C62H40N2O2. The molecule has 2 aromatic heterocycles. The van der Waals surface area contributed by atoms with Crippen LogP contribution in [0, 0.1) is 0 Å². The van der Waals surface area contributed by atoms with E-state index in [1.165, 1.54) is 10.9 Å². The summed E-state index contributed by atoms with van der Waals surface area (Å²) < 4.78 is 13.9. The molecule has 4 nitrogen and oxygen atoms in total. The van der Waals surface area contributed by atoms with Crippen LogP contribution in [0.4, 0.5) is 34.1 Å². The van der Waals surface area contributed by atoms with Crippen LogP contribution in [-0.4, -0.2) is 0 Å². The summed E-state index contributed by atoms with van der Waals surface area (Å²) in [5.41, 5.74) is 14.1. The standard InChI is InChI=1S/C62H40N2O2/c1-4-19-41(20-5-1)46-25-12-15-31-55(46)63(43-23-8-3-9-24-43)44-35-37-52-54(39-44)48-27-10-11-29-50(48)60-53-38-36-45(40-59(53)66-62(52)60)64(56-32-16-13-26-47(56)42-21-6-2-7-22-42)57-33-18-30-51-49-28-14-17-34-58(49)65-61(51)57/h1-40H. The third kappa shape index (κ3) is 6.07. The van der Waals surface area contributed by atoms with Crippen molar-refractivity contribution in [3.63, 3.8) is 0 Å². The van der Waals surface area contributed by atoms with Gasteiger partial charge in [-0.2, -0.15) is 0 Å². The quantitative estimate of drug-likeness (QED) is 0.143. The third-order valence-electron chi connectivity index (χ3n) is 13.0. The Kier molecular flexibility index (Phi) is 8.81. The Bertz CT molecular complexity index is 3950. The van der Waals surface area contributed by atoms with Gasteiger partial charge in [-0.1, -0.05) is 170 Å². The van der Waals surface area contributed by atoms with E-state index in [9.17, 15) is 0 Å². The van der Waals surface area contributed by atoms with Crippen molar-refractivity contribution < 1.29 is 8.83 Å². The monoisotopic (exact) mass is 844 g/mol. The molecule has 0 amide bonds. The van der Waals surface area contributed by atoms with E-state index in [2.05, 4.69) is 240 Å². The minimum Gasteiger partial charge on any atom is -0.455 e. The summed E-state index contributed by atoms with van der Waals surface area (Å²) in [4.78, 5) is 4.70. The SMILES string of the molecule is c1ccc(-c2ccccc2N(c2ccccc2)c2ccc3c(c2)c2ccccc2c2c4ccc(N(c5ccccc5-c5ccccc5)c5cccc6c5oc5ccccc56)cc4oc32)cc1. The predicted molar refractivity (Wildman–Crippen MR) is 276 cm³/mol. The van der Waals surface area contributed by atoms with Crippen molar-refractivity contribution in [3.05, 3.63) is 243 Å². The summed E-state index contributed by atoms with van der Waals surface area (Å²) in [6, 6.07) is 86.1. The molecule has 0 fully saturated rings. The lowest BCUT2D eigenvalue weighted by molar-refractivity contribution is 0.668. The van der Waals surface area contributed by atoms with Gasteiger partial charge in [-0.15, -0.1) is 0 Å². The second-order valence-corrected chi connectivity index (χ2v) is 16.8. The highest BCUT2D eigenvalue weighted by molar-refractivity contribution is 6.30.